The number of aromatic nitrogens is 2. The normalized spacial score (nSPS) is 11.0. The van der Waals surface area contributed by atoms with Gasteiger partial charge in [-0.25, -0.2) is 4.79 Å². The van der Waals surface area contributed by atoms with Gasteiger partial charge in [0.25, 0.3) is 0 Å². The summed E-state index contributed by atoms with van der Waals surface area (Å²) < 4.78 is 12.0. The van der Waals surface area contributed by atoms with E-state index in [1.807, 2.05) is 19.1 Å². The molecule has 0 unspecified atom stereocenters. The zero-order valence-electron chi connectivity index (χ0n) is 14.9. The van der Waals surface area contributed by atoms with Crippen molar-refractivity contribution in [2.24, 2.45) is 0 Å². The Kier molecular flexibility index (Phi) is 4.12. The van der Waals surface area contributed by atoms with Gasteiger partial charge in [-0.1, -0.05) is 17.7 Å². The molecular formula is C20H17N3O4. The van der Waals surface area contributed by atoms with E-state index >= 15 is 0 Å². The molecule has 0 bridgehead atoms. The van der Waals surface area contributed by atoms with Crippen molar-refractivity contribution >= 4 is 33.5 Å². The summed E-state index contributed by atoms with van der Waals surface area (Å²) in [5.41, 5.74) is 2.22. The first-order valence-electron chi connectivity index (χ1n) is 8.38. The fourth-order valence-electron chi connectivity index (χ4n) is 3.05. The molecule has 0 aliphatic heterocycles. The monoisotopic (exact) mass is 363 g/mol. The lowest BCUT2D eigenvalue weighted by molar-refractivity contribution is -0.116. The molecule has 0 aliphatic carbocycles. The standard InChI is InChI=1S/C20H17N3O4/c1-12-6-7-17-15(8-12)19-16(20(25)27-17)10-21-23(19)11-18(24)22-13-4-3-5-14(9-13)26-2/h3-10H,11H2,1-2H3,(H,22,24). The maximum absolute atomic E-state index is 12.5. The van der Waals surface area contributed by atoms with Gasteiger partial charge in [-0.05, 0) is 31.2 Å². The van der Waals surface area contributed by atoms with Crippen molar-refractivity contribution < 1.29 is 13.9 Å². The number of nitrogens with zero attached hydrogens (tertiary/aromatic N) is 2. The first kappa shape index (κ1) is 16.8. The Hall–Kier alpha value is -3.61. The summed E-state index contributed by atoms with van der Waals surface area (Å²) in [5.74, 6) is 0.388. The fourth-order valence-corrected chi connectivity index (χ4v) is 3.05. The van der Waals surface area contributed by atoms with Crippen molar-refractivity contribution in [1.82, 2.24) is 9.78 Å². The van der Waals surface area contributed by atoms with Gasteiger partial charge in [0.2, 0.25) is 5.91 Å². The Balaban J connectivity index is 1.71. The van der Waals surface area contributed by atoms with Crippen LogP contribution >= 0.6 is 0 Å². The highest BCUT2D eigenvalue weighted by atomic mass is 16.5. The van der Waals surface area contributed by atoms with Gasteiger partial charge >= 0.3 is 5.63 Å². The van der Waals surface area contributed by atoms with E-state index in [2.05, 4.69) is 10.4 Å². The molecule has 7 nitrogen and oxygen atoms in total. The molecule has 4 aromatic rings. The Labute approximate surface area is 154 Å². The van der Waals surface area contributed by atoms with E-state index < -0.39 is 5.63 Å². The molecule has 0 atom stereocenters. The van der Waals surface area contributed by atoms with Crippen LogP contribution in [-0.4, -0.2) is 22.8 Å². The minimum atomic E-state index is -0.471. The van der Waals surface area contributed by atoms with Gasteiger partial charge in [-0.2, -0.15) is 5.10 Å². The predicted molar refractivity (Wildman–Crippen MR) is 102 cm³/mol. The topological polar surface area (TPSA) is 86.4 Å². The van der Waals surface area contributed by atoms with Crippen molar-refractivity contribution in [3.05, 3.63) is 64.6 Å². The van der Waals surface area contributed by atoms with Gasteiger partial charge in [-0.3, -0.25) is 9.48 Å². The molecule has 1 amide bonds. The molecule has 136 valence electrons. The maximum Gasteiger partial charge on any atom is 0.347 e. The number of rotatable bonds is 4. The second-order valence-electron chi connectivity index (χ2n) is 6.23. The van der Waals surface area contributed by atoms with Crippen LogP contribution in [0.5, 0.6) is 5.75 Å². The van der Waals surface area contributed by atoms with E-state index in [1.165, 1.54) is 10.9 Å². The smallest absolute Gasteiger partial charge is 0.347 e. The molecule has 2 aromatic carbocycles. The van der Waals surface area contributed by atoms with E-state index in [9.17, 15) is 9.59 Å². The molecular weight excluding hydrogens is 346 g/mol. The van der Waals surface area contributed by atoms with Crippen molar-refractivity contribution in [1.29, 1.82) is 0 Å². The third-order valence-electron chi connectivity index (χ3n) is 4.30. The number of amides is 1. The van der Waals surface area contributed by atoms with Crippen molar-refractivity contribution in [3.8, 4) is 5.75 Å². The summed E-state index contributed by atoms with van der Waals surface area (Å²) in [5, 5.41) is 8.13. The number of hydrogen-bond acceptors (Lipinski definition) is 5. The largest absolute Gasteiger partial charge is 0.497 e. The molecule has 7 heteroatoms. The van der Waals surface area contributed by atoms with Crippen molar-refractivity contribution in [3.63, 3.8) is 0 Å². The van der Waals surface area contributed by atoms with Crippen LogP contribution in [0.2, 0.25) is 0 Å². The number of hydrogen-bond donors (Lipinski definition) is 1. The summed E-state index contributed by atoms with van der Waals surface area (Å²) in [6.45, 7) is 1.92. The first-order valence-corrected chi connectivity index (χ1v) is 8.38. The third-order valence-corrected chi connectivity index (χ3v) is 4.30. The van der Waals surface area contributed by atoms with Gasteiger partial charge in [0.1, 0.15) is 23.3 Å². The summed E-state index contributed by atoms with van der Waals surface area (Å²) in [4.78, 5) is 24.7. The third kappa shape index (κ3) is 3.15. The zero-order chi connectivity index (χ0) is 19.0. The summed E-state index contributed by atoms with van der Waals surface area (Å²) >= 11 is 0. The van der Waals surface area contributed by atoms with Gasteiger partial charge in [0.15, 0.2) is 0 Å². The highest BCUT2D eigenvalue weighted by molar-refractivity contribution is 6.03. The van der Waals surface area contributed by atoms with Crippen LogP contribution in [0, 0.1) is 6.92 Å². The SMILES string of the molecule is COc1cccc(NC(=O)Cn2ncc3c(=O)oc4ccc(C)cc4c32)c1. The van der Waals surface area contributed by atoms with Gasteiger partial charge in [0.05, 0.1) is 18.8 Å². The average Bonchev–Trinajstić information content (AvgIpc) is 3.07. The van der Waals surface area contributed by atoms with Gasteiger partial charge in [-0.15, -0.1) is 0 Å². The number of benzene rings is 2. The number of carbonyl (C=O) groups is 1. The zero-order valence-corrected chi connectivity index (χ0v) is 14.9. The molecule has 0 saturated heterocycles. The van der Waals surface area contributed by atoms with E-state index in [0.29, 0.717) is 27.9 Å². The number of methoxy groups -OCH3 is 1. The molecule has 27 heavy (non-hydrogen) atoms. The van der Waals surface area contributed by atoms with E-state index in [4.69, 9.17) is 9.15 Å². The van der Waals surface area contributed by atoms with E-state index in [1.54, 1.807) is 37.4 Å². The van der Waals surface area contributed by atoms with Crippen LogP contribution < -0.4 is 15.7 Å². The van der Waals surface area contributed by atoms with Crippen LogP contribution in [0.15, 0.2) is 57.9 Å². The second-order valence-corrected chi connectivity index (χ2v) is 6.23. The van der Waals surface area contributed by atoms with Crippen LogP contribution in [0.1, 0.15) is 5.56 Å². The number of carbonyl (C=O) groups excluding carboxylic acids is 1. The second kappa shape index (κ2) is 6.60. The minimum absolute atomic E-state index is 0.0345. The molecule has 0 aliphatic rings. The van der Waals surface area contributed by atoms with Crippen molar-refractivity contribution in [2.45, 2.75) is 13.5 Å². The van der Waals surface area contributed by atoms with E-state index in [0.717, 1.165) is 10.9 Å². The fraction of sp³-hybridized carbons (Fsp3) is 0.150. The summed E-state index contributed by atoms with van der Waals surface area (Å²) in [7, 11) is 1.56. The lowest BCUT2D eigenvalue weighted by Crippen LogP contribution is -2.19. The van der Waals surface area contributed by atoms with E-state index in [-0.39, 0.29) is 12.5 Å². The van der Waals surface area contributed by atoms with Crippen LogP contribution in [0.25, 0.3) is 21.9 Å². The Morgan fingerprint density at radius 2 is 2.07 bits per heavy atom. The molecule has 2 aromatic heterocycles. The summed E-state index contributed by atoms with van der Waals surface area (Å²) in [6, 6.07) is 12.6. The predicted octanol–water partition coefficient (Wildman–Crippen LogP) is 3.10. The Morgan fingerprint density at radius 3 is 2.89 bits per heavy atom. The van der Waals surface area contributed by atoms with Gasteiger partial charge < -0.3 is 14.5 Å². The average molecular weight is 363 g/mol. The molecule has 2 heterocycles. The van der Waals surface area contributed by atoms with Gasteiger partial charge in [0, 0.05) is 17.1 Å². The molecule has 0 spiro atoms. The highest BCUT2D eigenvalue weighted by Gasteiger charge is 2.15. The number of ether oxygens (including phenoxy) is 1. The molecule has 4 rings (SSSR count). The van der Waals surface area contributed by atoms with Crippen molar-refractivity contribution in [2.75, 3.05) is 12.4 Å². The van der Waals surface area contributed by atoms with Crippen LogP contribution in [0.4, 0.5) is 5.69 Å². The molecule has 0 saturated carbocycles. The lowest BCUT2D eigenvalue weighted by Gasteiger charge is -2.09. The Morgan fingerprint density at radius 1 is 1.22 bits per heavy atom. The maximum atomic E-state index is 12.5. The first-order chi connectivity index (χ1) is 13.0. The number of aryl methyl sites for hydroxylation is 1. The molecule has 0 fully saturated rings. The highest BCUT2D eigenvalue weighted by Crippen LogP contribution is 2.24. The summed E-state index contributed by atoms with van der Waals surface area (Å²) in [6.07, 6.45) is 1.43. The quantitative estimate of drug-likeness (QED) is 0.563. The van der Waals surface area contributed by atoms with Crippen LogP contribution in [-0.2, 0) is 11.3 Å². The minimum Gasteiger partial charge on any atom is -0.497 e. The lowest BCUT2D eigenvalue weighted by atomic mass is 10.1. The number of anilines is 1. The van der Waals surface area contributed by atoms with Crippen LogP contribution in [0.3, 0.4) is 0 Å². The number of fused-ring (bicyclic) bond motifs is 3. The molecule has 1 N–H and O–H groups in total. The Bertz CT molecular complexity index is 1220. The number of nitrogens with one attached hydrogen (secondary N) is 1. The molecule has 0 radical (unpaired) electrons.